The second-order valence-corrected chi connectivity index (χ2v) is 4.95. The van der Waals surface area contributed by atoms with Gasteiger partial charge in [-0.1, -0.05) is 13.3 Å². The van der Waals surface area contributed by atoms with E-state index in [2.05, 4.69) is 24.1 Å². The Balaban J connectivity index is 2.29. The molecule has 0 amide bonds. The van der Waals surface area contributed by atoms with E-state index in [1.54, 1.807) is 7.11 Å². The van der Waals surface area contributed by atoms with Crippen LogP contribution in [0, 0.1) is 0 Å². The predicted molar refractivity (Wildman–Crippen MR) is 68.8 cm³/mol. The zero-order chi connectivity index (χ0) is 11.8. The number of unbranched alkanes of at least 4 members (excludes halogenated alkanes) is 1. The lowest BCUT2D eigenvalue weighted by Crippen LogP contribution is -2.41. The van der Waals surface area contributed by atoms with Crippen LogP contribution < -0.4 is 5.32 Å². The van der Waals surface area contributed by atoms with Crippen LogP contribution in [0.15, 0.2) is 0 Å². The van der Waals surface area contributed by atoms with E-state index in [0.717, 1.165) is 6.54 Å². The van der Waals surface area contributed by atoms with E-state index in [9.17, 15) is 0 Å². The van der Waals surface area contributed by atoms with Crippen molar-refractivity contribution in [3.05, 3.63) is 0 Å². The van der Waals surface area contributed by atoms with Crippen molar-refractivity contribution in [1.29, 1.82) is 0 Å². The number of nitrogens with zero attached hydrogens (tertiary/aromatic N) is 1. The van der Waals surface area contributed by atoms with E-state index in [1.807, 2.05) is 0 Å². The Bertz CT molecular complexity index is 169. The number of rotatable bonds is 8. The summed E-state index contributed by atoms with van der Waals surface area (Å²) in [7, 11) is 1.80. The molecule has 1 aliphatic rings. The molecule has 0 saturated carbocycles. The van der Waals surface area contributed by atoms with Gasteiger partial charge >= 0.3 is 0 Å². The van der Waals surface area contributed by atoms with Gasteiger partial charge in [0.05, 0.1) is 6.10 Å². The highest BCUT2D eigenvalue weighted by Gasteiger charge is 2.18. The van der Waals surface area contributed by atoms with Gasteiger partial charge in [-0.25, -0.2) is 0 Å². The zero-order valence-corrected chi connectivity index (χ0v) is 11.2. The molecule has 3 heteroatoms. The number of nitrogens with one attached hydrogen (secondary N) is 1. The summed E-state index contributed by atoms with van der Waals surface area (Å²) in [6, 6.07) is 0.709. The van der Waals surface area contributed by atoms with E-state index in [-0.39, 0.29) is 0 Å². The molecule has 0 radical (unpaired) electrons. The van der Waals surface area contributed by atoms with Gasteiger partial charge in [-0.2, -0.15) is 0 Å². The fraction of sp³-hybridized carbons (Fsp3) is 1.00. The standard InChI is InChI=1S/C13H28N2O/c1-4-5-9-15(10-12(2)16-3)11-13-7-6-8-14-13/h12-14H,4-11H2,1-3H3. The maximum absolute atomic E-state index is 5.36. The summed E-state index contributed by atoms with van der Waals surface area (Å²) in [5.74, 6) is 0. The third kappa shape index (κ3) is 5.28. The van der Waals surface area contributed by atoms with E-state index < -0.39 is 0 Å². The van der Waals surface area contributed by atoms with Gasteiger partial charge in [0, 0.05) is 26.2 Å². The average Bonchev–Trinajstić information content (AvgIpc) is 2.78. The highest BCUT2D eigenvalue weighted by molar-refractivity contribution is 4.78. The van der Waals surface area contributed by atoms with E-state index >= 15 is 0 Å². The molecule has 16 heavy (non-hydrogen) atoms. The van der Waals surface area contributed by atoms with Gasteiger partial charge in [0.25, 0.3) is 0 Å². The number of hydrogen-bond donors (Lipinski definition) is 1. The van der Waals surface area contributed by atoms with Crippen LogP contribution in [0.4, 0.5) is 0 Å². The molecule has 0 aliphatic carbocycles. The van der Waals surface area contributed by atoms with Crippen molar-refractivity contribution in [3.63, 3.8) is 0 Å². The lowest BCUT2D eigenvalue weighted by Gasteiger charge is -2.27. The van der Waals surface area contributed by atoms with Crippen LogP contribution in [-0.2, 0) is 4.74 Å². The Labute approximate surface area is 101 Å². The molecular weight excluding hydrogens is 200 g/mol. The lowest BCUT2D eigenvalue weighted by atomic mass is 10.2. The van der Waals surface area contributed by atoms with Gasteiger partial charge in [-0.05, 0) is 39.3 Å². The van der Waals surface area contributed by atoms with Gasteiger partial charge in [0.2, 0.25) is 0 Å². The average molecular weight is 228 g/mol. The number of methoxy groups -OCH3 is 1. The molecule has 1 N–H and O–H groups in total. The second kappa shape index (κ2) is 8.04. The predicted octanol–water partition coefficient (Wildman–Crippen LogP) is 1.88. The molecule has 0 aromatic rings. The van der Waals surface area contributed by atoms with E-state index in [1.165, 1.54) is 45.3 Å². The molecular formula is C13H28N2O. The summed E-state index contributed by atoms with van der Waals surface area (Å²) < 4.78 is 5.36. The van der Waals surface area contributed by atoms with Crippen LogP contribution in [0.25, 0.3) is 0 Å². The SMILES string of the molecule is CCCCN(CC1CCCN1)CC(C)OC. The highest BCUT2D eigenvalue weighted by Crippen LogP contribution is 2.08. The third-order valence-electron chi connectivity index (χ3n) is 3.39. The summed E-state index contributed by atoms with van der Waals surface area (Å²) in [6.07, 6.45) is 5.59. The molecule has 0 aromatic heterocycles. The van der Waals surface area contributed by atoms with Crippen LogP contribution >= 0.6 is 0 Å². The first-order chi connectivity index (χ1) is 7.76. The zero-order valence-electron chi connectivity index (χ0n) is 11.2. The molecule has 3 nitrogen and oxygen atoms in total. The minimum Gasteiger partial charge on any atom is -0.380 e. The topological polar surface area (TPSA) is 24.5 Å². The Kier molecular flexibility index (Phi) is 7.01. The van der Waals surface area contributed by atoms with Gasteiger partial charge in [0.1, 0.15) is 0 Å². The third-order valence-corrected chi connectivity index (χ3v) is 3.39. The van der Waals surface area contributed by atoms with Crippen LogP contribution in [0.5, 0.6) is 0 Å². The van der Waals surface area contributed by atoms with E-state index in [0.29, 0.717) is 12.1 Å². The molecule has 96 valence electrons. The van der Waals surface area contributed by atoms with Crippen LogP contribution in [0.2, 0.25) is 0 Å². The smallest absolute Gasteiger partial charge is 0.0670 e. The summed E-state index contributed by atoms with van der Waals surface area (Å²) in [5.41, 5.74) is 0. The second-order valence-electron chi connectivity index (χ2n) is 4.95. The summed E-state index contributed by atoms with van der Waals surface area (Å²) in [6.45, 7) is 9.07. The van der Waals surface area contributed by atoms with Crippen molar-refractivity contribution < 1.29 is 4.74 Å². The van der Waals surface area contributed by atoms with Crippen molar-refractivity contribution in [2.45, 2.75) is 51.7 Å². The molecule has 1 fully saturated rings. The Morgan fingerprint density at radius 3 is 2.88 bits per heavy atom. The highest BCUT2D eigenvalue weighted by atomic mass is 16.5. The molecule has 2 unspecified atom stereocenters. The van der Waals surface area contributed by atoms with Crippen molar-refractivity contribution in [1.82, 2.24) is 10.2 Å². The fourth-order valence-electron chi connectivity index (χ4n) is 2.30. The monoisotopic (exact) mass is 228 g/mol. The first-order valence-electron chi connectivity index (χ1n) is 6.74. The number of ether oxygens (including phenoxy) is 1. The lowest BCUT2D eigenvalue weighted by molar-refractivity contribution is 0.0734. The van der Waals surface area contributed by atoms with Crippen molar-refractivity contribution in [2.75, 3.05) is 33.3 Å². The molecule has 2 atom stereocenters. The molecule has 0 spiro atoms. The van der Waals surface area contributed by atoms with Crippen molar-refractivity contribution >= 4 is 0 Å². The van der Waals surface area contributed by atoms with Crippen molar-refractivity contribution in [2.24, 2.45) is 0 Å². The summed E-state index contributed by atoms with van der Waals surface area (Å²) in [5, 5.41) is 3.57. The summed E-state index contributed by atoms with van der Waals surface area (Å²) in [4.78, 5) is 2.56. The number of hydrogen-bond acceptors (Lipinski definition) is 3. The van der Waals surface area contributed by atoms with E-state index in [4.69, 9.17) is 4.74 Å². The van der Waals surface area contributed by atoms with Gasteiger partial charge in [-0.3, -0.25) is 4.90 Å². The van der Waals surface area contributed by atoms with Crippen LogP contribution in [0.1, 0.15) is 39.5 Å². The molecule has 1 saturated heterocycles. The minimum absolute atomic E-state index is 0.346. The summed E-state index contributed by atoms with van der Waals surface area (Å²) >= 11 is 0. The maximum atomic E-state index is 5.36. The Hall–Kier alpha value is -0.120. The minimum atomic E-state index is 0.346. The molecule has 0 bridgehead atoms. The molecule has 1 heterocycles. The van der Waals surface area contributed by atoms with Crippen LogP contribution in [-0.4, -0.2) is 50.3 Å². The first-order valence-corrected chi connectivity index (χ1v) is 6.74. The Morgan fingerprint density at radius 1 is 1.50 bits per heavy atom. The quantitative estimate of drug-likeness (QED) is 0.686. The normalized spacial score (nSPS) is 22.9. The largest absolute Gasteiger partial charge is 0.380 e. The molecule has 0 aromatic carbocycles. The molecule has 1 aliphatic heterocycles. The van der Waals surface area contributed by atoms with Crippen LogP contribution in [0.3, 0.4) is 0 Å². The Morgan fingerprint density at radius 2 is 2.31 bits per heavy atom. The van der Waals surface area contributed by atoms with Crippen molar-refractivity contribution in [3.8, 4) is 0 Å². The maximum Gasteiger partial charge on any atom is 0.0670 e. The van der Waals surface area contributed by atoms with Gasteiger partial charge < -0.3 is 10.1 Å². The molecule has 1 rings (SSSR count). The fourth-order valence-corrected chi connectivity index (χ4v) is 2.30. The first kappa shape index (κ1) is 13.9. The van der Waals surface area contributed by atoms with Gasteiger partial charge in [0.15, 0.2) is 0 Å². The van der Waals surface area contributed by atoms with Gasteiger partial charge in [-0.15, -0.1) is 0 Å².